The minimum Gasteiger partial charge on any atom is -0.369 e. The van der Waals surface area contributed by atoms with E-state index in [-0.39, 0.29) is 0 Å². The van der Waals surface area contributed by atoms with Gasteiger partial charge < -0.3 is 15.5 Å². The van der Waals surface area contributed by atoms with E-state index in [9.17, 15) is 0 Å². The number of benzene rings is 1. The van der Waals surface area contributed by atoms with E-state index in [4.69, 9.17) is 5.73 Å². The molecule has 1 aromatic rings. The Labute approximate surface area is 108 Å². The van der Waals surface area contributed by atoms with E-state index in [1.165, 1.54) is 18.4 Å². The molecule has 0 aromatic heterocycles. The second-order valence-corrected chi connectivity index (χ2v) is 5.26. The SMILES string of the molecule is CN1CCC(N2Cc3ccccc3N=C2N)CC1. The lowest BCUT2D eigenvalue weighted by Crippen LogP contribution is -2.49. The van der Waals surface area contributed by atoms with Gasteiger partial charge in [0.2, 0.25) is 0 Å². The van der Waals surface area contributed by atoms with Crippen LogP contribution in [0.3, 0.4) is 0 Å². The van der Waals surface area contributed by atoms with Gasteiger partial charge in [-0.1, -0.05) is 18.2 Å². The summed E-state index contributed by atoms with van der Waals surface area (Å²) in [6.45, 7) is 3.20. The first-order chi connectivity index (χ1) is 8.74. The molecule has 2 N–H and O–H groups in total. The highest BCUT2D eigenvalue weighted by Gasteiger charge is 2.27. The van der Waals surface area contributed by atoms with Crippen LogP contribution in [-0.2, 0) is 6.54 Å². The predicted molar refractivity (Wildman–Crippen MR) is 73.8 cm³/mol. The van der Waals surface area contributed by atoms with Crippen molar-refractivity contribution in [2.24, 2.45) is 10.7 Å². The molecule has 4 heteroatoms. The van der Waals surface area contributed by atoms with Gasteiger partial charge in [0, 0.05) is 12.6 Å². The van der Waals surface area contributed by atoms with Crippen LogP contribution in [0.5, 0.6) is 0 Å². The van der Waals surface area contributed by atoms with Gasteiger partial charge in [0.15, 0.2) is 5.96 Å². The molecular formula is C14H20N4. The van der Waals surface area contributed by atoms with Crippen molar-refractivity contribution in [1.29, 1.82) is 0 Å². The lowest BCUT2D eigenvalue weighted by molar-refractivity contribution is 0.169. The van der Waals surface area contributed by atoms with Gasteiger partial charge in [0.1, 0.15) is 0 Å². The molecule has 1 aromatic carbocycles. The second kappa shape index (κ2) is 4.61. The fraction of sp³-hybridized carbons (Fsp3) is 0.500. The van der Waals surface area contributed by atoms with Crippen LogP contribution in [0.4, 0.5) is 5.69 Å². The monoisotopic (exact) mass is 244 g/mol. The summed E-state index contributed by atoms with van der Waals surface area (Å²) in [5.74, 6) is 0.684. The Bertz CT molecular complexity index is 461. The third-order valence-corrected chi connectivity index (χ3v) is 3.99. The van der Waals surface area contributed by atoms with Gasteiger partial charge in [-0.2, -0.15) is 0 Å². The van der Waals surface area contributed by atoms with Gasteiger partial charge in [0.05, 0.1) is 5.69 Å². The number of fused-ring (bicyclic) bond motifs is 1. The number of para-hydroxylation sites is 1. The molecule has 2 aliphatic heterocycles. The summed E-state index contributed by atoms with van der Waals surface area (Å²) in [5.41, 5.74) is 8.43. The van der Waals surface area contributed by atoms with Crippen LogP contribution in [0.2, 0.25) is 0 Å². The fourth-order valence-corrected chi connectivity index (χ4v) is 2.83. The van der Waals surface area contributed by atoms with E-state index in [1.54, 1.807) is 0 Å². The molecule has 0 bridgehead atoms. The molecule has 18 heavy (non-hydrogen) atoms. The van der Waals surface area contributed by atoms with Crippen LogP contribution < -0.4 is 5.73 Å². The normalized spacial score (nSPS) is 21.6. The smallest absolute Gasteiger partial charge is 0.197 e. The minimum absolute atomic E-state index is 0.540. The van der Waals surface area contributed by atoms with Gasteiger partial charge in [-0.25, -0.2) is 4.99 Å². The van der Waals surface area contributed by atoms with Crippen molar-refractivity contribution in [3.8, 4) is 0 Å². The van der Waals surface area contributed by atoms with Gasteiger partial charge in [-0.15, -0.1) is 0 Å². The maximum Gasteiger partial charge on any atom is 0.197 e. The summed E-state index contributed by atoms with van der Waals surface area (Å²) in [4.78, 5) is 9.18. The van der Waals surface area contributed by atoms with E-state index in [2.05, 4.69) is 34.0 Å². The van der Waals surface area contributed by atoms with Crippen molar-refractivity contribution in [3.63, 3.8) is 0 Å². The van der Waals surface area contributed by atoms with Crippen LogP contribution in [0.1, 0.15) is 18.4 Å². The van der Waals surface area contributed by atoms with Crippen LogP contribution in [0.25, 0.3) is 0 Å². The zero-order valence-electron chi connectivity index (χ0n) is 10.8. The average Bonchev–Trinajstić information content (AvgIpc) is 2.39. The third-order valence-electron chi connectivity index (χ3n) is 3.99. The highest BCUT2D eigenvalue weighted by molar-refractivity contribution is 5.83. The Morgan fingerprint density at radius 1 is 1.22 bits per heavy atom. The van der Waals surface area contributed by atoms with E-state index in [0.717, 1.165) is 25.3 Å². The minimum atomic E-state index is 0.540. The van der Waals surface area contributed by atoms with Crippen LogP contribution >= 0.6 is 0 Å². The largest absolute Gasteiger partial charge is 0.369 e. The number of guanidine groups is 1. The molecule has 4 nitrogen and oxygen atoms in total. The molecule has 0 saturated carbocycles. The predicted octanol–water partition coefficient (Wildman–Crippen LogP) is 1.54. The van der Waals surface area contributed by atoms with Crippen molar-refractivity contribution in [1.82, 2.24) is 9.80 Å². The van der Waals surface area contributed by atoms with Gasteiger partial charge >= 0.3 is 0 Å². The van der Waals surface area contributed by atoms with E-state index in [0.29, 0.717) is 12.0 Å². The first-order valence-electron chi connectivity index (χ1n) is 6.61. The van der Waals surface area contributed by atoms with Crippen molar-refractivity contribution in [2.45, 2.75) is 25.4 Å². The maximum absolute atomic E-state index is 6.12. The number of hydrogen-bond donors (Lipinski definition) is 1. The van der Waals surface area contributed by atoms with Crippen LogP contribution in [-0.4, -0.2) is 41.9 Å². The summed E-state index contributed by atoms with van der Waals surface area (Å²) in [6.07, 6.45) is 2.35. The molecule has 1 fully saturated rings. The van der Waals surface area contributed by atoms with Crippen molar-refractivity contribution in [2.75, 3.05) is 20.1 Å². The van der Waals surface area contributed by atoms with Gasteiger partial charge in [-0.3, -0.25) is 0 Å². The number of nitrogens with zero attached hydrogens (tertiary/aromatic N) is 3. The molecule has 96 valence electrons. The van der Waals surface area contributed by atoms with E-state index < -0.39 is 0 Å². The molecule has 0 spiro atoms. The molecule has 0 unspecified atom stereocenters. The molecule has 0 amide bonds. The lowest BCUT2D eigenvalue weighted by atomic mass is 10.0. The Balaban J connectivity index is 1.80. The van der Waals surface area contributed by atoms with E-state index >= 15 is 0 Å². The molecule has 0 aliphatic carbocycles. The lowest BCUT2D eigenvalue weighted by Gasteiger charge is -2.39. The fourth-order valence-electron chi connectivity index (χ4n) is 2.83. The number of likely N-dealkylation sites (tertiary alicyclic amines) is 1. The molecule has 1 saturated heterocycles. The Kier molecular flexibility index (Phi) is 2.96. The molecule has 0 radical (unpaired) electrons. The quantitative estimate of drug-likeness (QED) is 0.815. The summed E-state index contributed by atoms with van der Waals surface area (Å²) in [5, 5.41) is 0. The third kappa shape index (κ3) is 2.08. The topological polar surface area (TPSA) is 44.9 Å². The summed E-state index contributed by atoms with van der Waals surface area (Å²) in [7, 11) is 2.18. The summed E-state index contributed by atoms with van der Waals surface area (Å²) in [6, 6.07) is 8.81. The van der Waals surface area contributed by atoms with Crippen molar-refractivity contribution in [3.05, 3.63) is 29.8 Å². The Morgan fingerprint density at radius 3 is 2.72 bits per heavy atom. The van der Waals surface area contributed by atoms with Crippen LogP contribution in [0.15, 0.2) is 29.3 Å². The number of piperidine rings is 1. The van der Waals surface area contributed by atoms with E-state index in [1.807, 2.05) is 12.1 Å². The summed E-state index contributed by atoms with van der Waals surface area (Å²) >= 11 is 0. The number of nitrogens with two attached hydrogens (primary N) is 1. The number of aliphatic imine (C=N–C) groups is 1. The van der Waals surface area contributed by atoms with Gasteiger partial charge in [0.25, 0.3) is 0 Å². The highest BCUT2D eigenvalue weighted by Crippen LogP contribution is 2.28. The first-order valence-corrected chi connectivity index (χ1v) is 6.61. The number of rotatable bonds is 1. The Morgan fingerprint density at radius 2 is 1.94 bits per heavy atom. The maximum atomic E-state index is 6.12. The standard InChI is InChI=1S/C14H20N4/c1-17-8-6-12(7-9-17)18-10-11-4-2-3-5-13(11)16-14(18)15/h2-5,12H,6-10H2,1H3,(H2,15,16). The first kappa shape index (κ1) is 11.5. The van der Waals surface area contributed by atoms with Gasteiger partial charge in [-0.05, 0) is 44.6 Å². The molecular weight excluding hydrogens is 224 g/mol. The van der Waals surface area contributed by atoms with Crippen LogP contribution in [0, 0.1) is 0 Å². The summed E-state index contributed by atoms with van der Waals surface area (Å²) < 4.78 is 0. The molecule has 3 rings (SSSR count). The molecule has 2 aliphatic rings. The molecule has 2 heterocycles. The zero-order valence-corrected chi connectivity index (χ0v) is 10.8. The second-order valence-electron chi connectivity index (χ2n) is 5.26. The highest BCUT2D eigenvalue weighted by atomic mass is 15.3. The average molecular weight is 244 g/mol. The van der Waals surface area contributed by atoms with Crippen molar-refractivity contribution < 1.29 is 0 Å². The zero-order chi connectivity index (χ0) is 12.5. The molecule has 0 atom stereocenters. The number of hydrogen-bond acceptors (Lipinski definition) is 4. The Hall–Kier alpha value is -1.55. The van der Waals surface area contributed by atoms with Crippen molar-refractivity contribution >= 4 is 11.6 Å².